The molecule has 0 N–H and O–H groups in total. The van der Waals surface area contributed by atoms with Crippen molar-refractivity contribution in [1.82, 2.24) is 9.55 Å². The second-order valence-electron chi connectivity index (χ2n) is 14.0. The van der Waals surface area contributed by atoms with Gasteiger partial charge in [0.25, 0.3) is 0 Å². The highest BCUT2D eigenvalue weighted by atomic mass is 15.0. The van der Waals surface area contributed by atoms with Gasteiger partial charge < -0.3 is 4.57 Å². The van der Waals surface area contributed by atoms with Gasteiger partial charge in [-0.2, -0.15) is 0 Å². The molecular weight excluding hydrogens is 605 g/mol. The molecule has 2 aromatic heterocycles. The molecule has 2 heteroatoms. The summed E-state index contributed by atoms with van der Waals surface area (Å²) in [6.45, 7) is 4.71. The first-order valence-electron chi connectivity index (χ1n) is 17.4. The predicted octanol–water partition coefficient (Wildman–Crippen LogP) is 12.6. The van der Waals surface area contributed by atoms with Crippen molar-refractivity contribution in [1.29, 1.82) is 0 Å². The average Bonchev–Trinajstić information content (AvgIpc) is 3.62. The van der Waals surface area contributed by atoms with E-state index >= 15 is 0 Å². The molecule has 236 valence electrons. The van der Waals surface area contributed by atoms with E-state index in [0.717, 1.165) is 27.7 Å². The van der Waals surface area contributed by atoms with E-state index < -0.39 is 0 Å². The molecule has 1 aliphatic rings. The summed E-state index contributed by atoms with van der Waals surface area (Å²) in [7, 11) is 0. The van der Waals surface area contributed by atoms with Gasteiger partial charge in [0.2, 0.25) is 0 Å². The van der Waals surface area contributed by atoms with Crippen LogP contribution in [0.2, 0.25) is 0 Å². The highest BCUT2D eigenvalue weighted by Gasteiger charge is 2.35. The maximum Gasteiger partial charge on any atom is 0.0780 e. The van der Waals surface area contributed by atoms with Crippen molar-refractivity contribution in [2.45, 2.75) is 19.3 Å². The Morgan fingerprint density at radius 3 is 1.82 bits per heavy atom. The number of para-hydroxylation sites is 1. The third-order valence-corrected chi connectivity index (χ3v) is 10.9. The second-order valence-corrected chi connectivity index (χ2v) is 14.0. The van der Waals surface area contributed by atoms with Gasteiger partial charge in [-0.1, -0.05) is 129 Å². The summed E-state index contributed by atoms with van der Waals surface area (Å²) in [5.74, 6) is 0. The lowest BCUT2D eigenvalue weighted by Crippen LogP contribution is -2.14. The molecular formula is C48H34N2. The summed E-state index contributed by atoms with van der Waals surface area (Å²) in [6.07, 6.45) is 1.87. The minimum atomic E-state index is -0.0408. The van der Waals surface area contributed by atoms with E-state index in [2.05, 4.69) is 176 Å². The molecule has 0 radical (unpaired) electrons. The Morgan fingerprint density at radius 1 is 0.440 bits per heavy atom. The zero-order valence-electron chi connectivity index (χ0n) is 28.1. The van der Waals surface area contributed by atoms with Gasteiger partial charge in [-0.25, -0.2) is 0 Å². The standard InChI is InChI=1S/C48H34N2/c1-48(2)43-16-7-6-14-39(43)40-24-19-36(30-44(40)48)35-21-26-46-42(29-35)41-28-34(31-10-4-3-5-11-31)20-25-45(41)50(46)37-22-17-32(18-23-37)38-15-8-12-33-13-9-27-49-47(33)38/h3-30H,1-2H3. The number of benzene rings is 7. The first-order valence-corrected chi connectivity index (χ1v) is 17.4. The van der Waals surface area contributed by atoms with Crippen LogP contribution >= 0.6 is 0 Å². The van der Waals surface area contributed by atoms with E-state index in [0.29, 0.717) is 0 Å². The highest BCUT2D eigenvalue weighted by molar-refractivity contribution is 6.11. The Labute approximate surface area is 291 Å². The lowest BCUT2D eigenvalue weighted by molar-refractivity contribution is 0.660. The fourth-order valence-corrected chi connectivity index (χ4v) is 8.30. The van der Waals surface area contributed by atoms with Crippen molar-refractivity contribution < 1.29 is 0 Å². The average molecular weight is 639 g/mol. The third kappa shape index (κ3) is 4.32. The van der Waals surface area contributed by atoms with Crippen LogP contribution in [0.5, 0.6) is 0 Å². The maximum atomic E-state index is 4.71. The number of rotatable bonds is 4. The molecule has 0 saturated carbocycles. The van der Waals surface area contributed by atoms with Crippen molar-refractivity contribution >= 4 is 32.7 Å². The summed E-state index contributed by atoms with van der Waals surface area (Å²) in [5.41, 5.74) is 17.3. The van der Waals surface area contributed by atoms with Crippen LogP contribution in [-0.2, 0) is 5.41 Å². The zero-order chi connectivity index (χ0) is 33.4. The Kier molecular flexibility index (Phi) is 6.25. The molecule has 0 unspecified atom stereocenters. The molecule has 0 aliphatic heterocycles. The quantitative estimate of drug-likeness (QED) is 0.188. The lowest BCUT2D eigenvalue weighted by atomic mass is 9.81. The molecule has 10 rings (SSSR count). The van der Waals surface area contributed by atoms with Crippen molar-refractivity contribution in [3.05, 3.63) is 181 Å². The summed E-state index contributed by atoms with van der Waals surface area (Å²) in [6, 6.07) is 60.0. The molecule has 2 nitrogen and oxygen atoms in total. The number of pyridine rings is 1. The van der Waals surface area contributed by atoms with Crippen molar-refractivity contribution in [3.8, 4) is 50.2 Å². The van der Waals surface area contributed by atoms with Crippen LogP contribution in [0.4, 0.5) is 0 Å². The molecule has 0 saturated heterocycles. The van der Waals surface area contributed by atoms with E-state index in [-0.39, 0.29) is 5.41 Å². The van der Waals surface area contributed by atoms with Crippen LogP contribution in [0.25, 0.3) is 82.9 Å². The second kappa shape index (κ2) is 10.9. The molecule has 9 aromatic rings. The van der Waals surface area contributed by atoms with E-state index in [4.69, 9.17) is 4.98 Å². The van der Waals surface area contributed by atoms with E-state index in [1.807, 2.05) is 12.3 Å². The highest BCUT2D eigenvalue weighted by Crippen LogP contribution is 2.49. The third-order valence-electron chi connectivity index (χ3n) is 10.9. The van der Waals surface area contributed by atoms with Gasteiger partial charge in [-0.05, 0) is 98.6 Å². The van der Waals surface area contributed by atoms with Gasteiger partial charge in [0.05, 0.1) is 16.6 Å². The van der Waals surface area contributed by atoms with Gasteiger partial charge in [0.1, 0.15) is 0 Å². The fraction of sp³-hybridized carbons (Fsp3) is 0.0625. The summed E-state index contributed by atoms with van der Waals surface area (Å²) >= 11 is 0. The predicted molar refractivity (Wildman–Crippen MR) is 210 cm³/mol. The molecule has 0 bridgehead atoms. The largest absolute Gasteiger partial charge is 0.309 e. The topological polar surface area (TPSA) is 17.8 Å². The van der Waals surface area contributed by atoms with Crippen LogP contribution in [0.1, 0.15) is 25.0 Å². The molecule has 1 aliphatic carbocycles. The Morgan fingerprint density at radius 2 is 1.04 bits per heavy atom. The first kappa shape index (κ1) is 28.7. The molecule has 0 spiro atoms. The van der Waals surface area contributed by atoms with Crippen molar-refractivity contribution in [2.24, 2.45) is 0 Å². The van der Waals surface area contributed by atoms with Crippen LogP contribution in [0, 0.1) is 0 Å². The smallest absolute Gasteiger partial charge is 0.0780 e. The summed E-state index contributed by atoms with van der Waals surface area (Å²) < 4.78 is 2.41. The van der Waals surface area contributed by atoms with Crippen molar-refractivity contribution in [3.63, 3.8) is 0 Å². The minimum Gasteiger partial charge on any atom is -0.309 e. The van der Waals surface area contributed by atoms with Crippen LogP contribution in [0.3, 0.4) is 0 Å². The van der Waals surface area contributed by atoms with Gasteiger partial charge in [0, 0.05) is 39.0 Å². The molecule has 7 aromatic carbocycles. The van der Waals surface area contributed by atoms with E-state index in [9.17, 15) is 0 Å². The Hall–Kier alpha value is -6.25. The van der Waals surface area contributed by atoms with Crippen LogP contribution in [0.15, 0.2) is 170 Å². The lowest BCUT2D eigenvalue weighted by Gasteiger charge is -2.22. The zero-order valence-corrected chi connectivity index (χ0v) is 28.1. The number of aromatic nitrogens is 2. The SMILES string of the molecule is CC1(C)c2ccccc2-c2ccc(-c3ccc4c(c3)c3cc(-c5ccccc5)ccc3n4-c3ccc(-c4cccc5cccnc45)cc3)cc21. The van der Waals surface area contributed by atoms with Gasteiger partial charge in [-0.15, -0.1) is 0 Å². The normalized spacial score (nSPS) is 13.2. The van der Waals surface area contributed by atoms with E-state index in [1.165, 1.54) is 66.3 Å². The summed E-state index contributed by atoms with van der Waals surface area (Å²) in [5, 5.41) is 3.65. The minimum absolute atomic E-state index is 0.0408. The molecule has 0 amide bonds. The van der Waals surface area contributed by atoms with Crippen LogP contribution < -0.4 is 0 Å². The van der Waals surface area contributed by atoms with Gasteiger partial charge in [0.15, 0.2) is 0 Å². The molecule has 0 atom stereocenters. The first-order chi connectivity index (χ1) is 24.5. The Bertz CT molecular complexity index is 2760. The van der Waals surface area contributed by atoms with Gasteiger partial charge in [-0.3, -0.25) is 4.98 Å². The Balaban J connectivity index is 1.14. The number of nitrogens with zero attached hydrogens (tertiary/aromatic N) is 2. The molecule has 2 heterocycles. The van der Waals surface area contributed by atoms with Crippen molar-refractivity contribution in [2.75, 3.05) is 0 Å². The van der Waals surface area contributed by atoms with Crippen LogP contribution in [-0.4, -0.2) is 9.55 Å². The monoisotopic (exact) mass is 638 g/mol. The maximum absolute atomic E-state index is 4.71. The molecule has 50 heavy (non-hydrogen) atoms. The molecule has 0 fully saturated rings. The summed E-state index contributed by atoms with van der Waals surface area (Å²) in [4.78, 5) is 4.71. The fourth-order valence-electron chi connectivity index (χ4n) is 8.30. The van der Waals surface area contributed by atoms with E-state index in [1.54, 1.807) is 0 Å². The van der Waals surface area contributed by atoms with Gasteiger partial charge >= 0.3 is 0 Å². The number of hydrogen-bond acceptors (Lipinski definition) is 1. The number of fused-ring (bicyclic) bond motifs is 7. The number of hydrogen-bond donors (Lipinski definition) is 0.